The van der Waals surface area contributed by atoms with Crippen LogP contribution in [0.5, 0.6) is 0 Å². The molecule has 16 heavy (non-hydrogen) atoms. The molecule has 2 rings (SSSR count). The Morgan fingerprint density at radius 1 is 1.06 bits per heavy atom. The summed E-state index contributed by atoms with van der Waals surface area (Å²) in [5.41, 5.74) is 3.51. The second-order valence-corrected chi connectivity index (χ2v) is 3.28. The van der Waals surface area contributed by atoms with Gasteiger partial charge in [-0.25, -0.2) is 0 Å². The van der Waals surface area contributed by atoms with E-state index in [-0.39, 0.29) is 0 Å². The van der Waals surface area contributed by atoms with E-state index in [1.54, 1.807) is 0 Å². The van der Waals surface area contributed by atoms with E-state index in [0.717, 1.165) is 11.3 Å². The molecule has 1 aromatic carbocycles. The molecule has 0 saturated carbocycles. The van der Waals surface area contributed by atoms with Gasteiger partial charge in [-0.05, 0) is 12.1 Å². The molecule has 1 heterocycles. The molecular weight excluding hydrogens is 194 g/mol. The van der Waals surface area contributed by atoms with Crippen LogP contribution >= 0.6 is 0 Å². The van der Waals surface area contributed by atoms with Crippen LogP contribution in [0.25, 0.3) is 23.1 Å². The van der Waals surface area contributed by atoms with Gasteiger partial charge in [-0.2, -0.15) is 0 Å². The van der Waals surface area contributed by atoms with Gasteiger partial charge in [0.15, 0.2) is 0 Å². The fraction of sp³-hybridized carbons (Fsp3) is 0.200. The van der Waals surface area contributed by atoms with Crippen molar-refractivity contribution in [3.63, 3.8) is 0 Å². The molecule has 0 N–H and O–H groups in total. The van der Waals surface area contributed by atoms with Gasteiger partial charge in [0.25, 0.3) is 0 Å². The second-order valence-electron chi connectivity index (χ2n) is 3.28. The Kier molecular flexibility index (Phi) is 4.12. The first-order chi connectivity index (χ1) is 7.79. The van der Waals surface area contributed by atoms with E-state index in [1.165, 1.54) is 10.9 Å². The predicted molar refractivity (Wildman–Crippen MR) is 74.4 cm³/mol. The van der Waals surface area contributed by atoms with Gasteiger partial charge in [-0.15, -0.1) is 0 Å². The summed E-state index contributed by atoms with van der Waals surface area (Å²) in [6.45, 7) is 11.7. The van der Waals surface area contributed by atoms with Crippen LogP contribution in [0, 0.1) is 0 Å². The van der Waals surface area contributed by atoms with Crippen LogP contribution in [0.15, 0.2) is 37.4 Å². The highest BCUT2D eigenvalue weighted by atomic mass is 14.9. The van der Waals surface area contributed by atoms with Gasteiger partial charge in [0.1, 0.15) is 0 Å². The van der Waals surface area contributed by atoms with Crippen LogP contribution in [0.1, 0.15) is 25.1 Å². The van der Waals surface area contributed by atoms with Gasteiger partial charge in [0.05, 0.1) is 0 Å². The maximum Gasteiger partial charge on any atom is 0.0488 e. The fourth-order valence-electron chi connectivity index (χ4n) is 1.90. The molecule has 0 aliphatic carbocycles. The van der Waals surface area contributed by atoms with Crippen molar-refractivity contribution in [3.05, 3.63) is 48.7 Å². The van der Waals surface area contributed by atoms with E-state index >= 15 is 0 Å². The van der Waals surface area contributed by atoms with Crippen molar-refractivity contribution >= 4 is 23.1 Å². The van der Waals surface area contributed by atoms with Crippen molar-refractivity contribution in [2.75, 3.05) is 0 Å². The highest BCUT2D eigenvalue weighted by Crippen LogP contribution is 2.26. The van der Waals surface area contributed by atoms with Crippen molar-refractivity contribution in [3.8, 4) is 0 Å². The Labute approximate surface area is 97.7 Å². The van der Waals surface area contributed by atoms with Crippen LogP contribution in [-0.2, 0) is 7.05 Å². The summed E-state index contributed by atoms with van der Waals surface area (Å²) in [4.78, 5) is 0. The van der Waals surface area contributed by atoms with E-state index in [2.05, 4.69) is 29.9 Å². The van der Waals surface area contributed by atoms with Crippen molar-refractivity contribution < 1.29 is 0 Å². The van der Waals surface area contributed by atoms with Crippen molar-refractivity contribution in [1.82, 2.24) is 4.57 Å². The summed E-state index contributed by atoms with van der Waals surface area (Å²) in [6.07, 6.45) is 3.76. The molecule has 84 valence electrons. The van der Waals surface area contributed by atoms with Crippen molar-refractivity contribution in [1.29, 1.82) is 0 Å². The number of fused-ring (bicyclic) bond motifs is 1. The number of benzene rings is 1. The first-order valence-corrected chi connectivity index (χ1v) is 5.62. The summed E-state index contributed by atoms with van der Waals surface area (Å²) in [5.74, 6) is 0. The van der Waals surface area contributed by atoms with Gasteiger partial charge in [0, 0.05) is 29.2 Å². The minimum atomic E-state index is 1.13. The van der Waals surface area contributed by atoms with E-state index < -0.39 is 0 Å². The largest absolute Gasteiger partial charge is 0.344 e. The molecule has 2 aromatic rings. The summed E-state index contributed by atoms with van der Waals surface area (Å²) < 4.78 is 2.14. The lowest BCUT2D eigenvalue weighted by Crippen LogP contribution is -1.89. The Morgan fingerprint density at radius 3 is 2.25 bits per heavy atom. The van der Waals surface area contributed by atoms with Gasteiger partial charge in [0.2, 0.25) is 0 Å². The molecular formula is C15H19N. The Balaban J connectivity index is 0.000000606. The quantitative estimate of drug-likeness (QED) is 0.692. The third-order valence-electron chi connectivity index (χ3n) is 2.59. The highest BCUT2D eigenvalue weighted by Gasteiger charge is 2.08. The average Bonchev–Trinajstić information content (AvgIpc) is 2.64. The normalized spacial score (nSPS) is 9.44. The van der Waals surface area contributed by atoms with Gasteiger partial charge >= 0.3 is 0 Å². The molecule has 0 bridgehead atoms. The summed E-state index contributed by atoms with van der Waals surface area (Å²) in [6, 6.07) is 8.30. The molecule has 0 amide bonds. The zero-order valence-electron chi connectivity index (χ0n) is 10.3. The molecule has 1 aromatic heterocycles. The van der Waals surface area contributed by atoms with E-state index in [4.69, 9.17) is 0 Å². The molecule has 0 aliphatic rings. The average molecular weight is 213 g/mol. The predicted octanol–water partition coefficient (Wildman–Crippen LogP) is 4.49. The van der Waals surface area contributed by atoms with Crippen LogP contribution in [0.2, 0.25) is 0 Å². The summed E-state index contributed by atoms with van der Waals surface area (Å²) >= 11 is 0. The Bertz CT molecular complexity index is 503. The third kappa shape index (κ3) is 1.81. The number of rotatable bonds is 2. The number of aromatic nitrogens is 1. The second kappa shape index (κ2) is 5.36. The molecule has 1 heteroatoms. The molecule has 0 saturated heterocycles. The van der Waals surface area contributed by atoms with Crippen molar-refractivity contribution in [2.24, 2.45) is 7.05 Å². The van der Waals surface area contributed by atoms with Crippen LogP contribution in [0.4, 0.5) is 0 Å². The summed E-state index contributed by atoms with van der Waals surface area (Å²) in [7, 11) is 2.05. The number of para-hydroxylation sites is 1. The van der Waals surface area contributed by atoms with E-state index in [9.17, 15) is 0 Å². The first-order valence-electron chi connectivity index (χ1n) is 5.62. The monoisotopic (exact) mass is 213 g/mol. The zero-order valence-corrected chi connectivity index (χ0v) is 10.3. The standard InChI is InChI=1S/C13H13N.C2H6/c1-4-10-11-8-6-7-9-13(11)14(3)12(10)5-2;1-2/h4-9H,1-2H2,3H3;1-2H3. The van der Waals surface area contributed by atoms with E-state index in [1.807, 2.05) is 45.2 Å². The smallest absolute Gasteiger partial charge is 0.0488 e. The molecule has 0 spiro atoms. The number of hydrogen-bond donors (Lipinski definition) is 0. The third-order valence-corrected chi connectivity index (χ3v) is 2.59. The van der Waals surface area contributed by atoms with Gasteiger partial charge in [-0.1, -0.05) is 51.3 Å². The number of nitrogens with zero attached hydrogens (tertiary/aromatic N) is 1. The number of hydrogen-bond acceptors (Lipinski definition) is 0. The molecule has 0 unspecified atom stereocenters. The summed E-state index contributed by atoms with van der Waals surface area (Å²) in [5, 5.41) is 1.24. The molecule has 1 nitrogen and oxygen atoms in total. The topological polar surface area (TPSA) is 4.93 Å². The van der Waals surface area contributed by atoms with Crippen LogP contribution < -0.4 is 0 Å². The Hall–Kier alpha value is -1.76. The molecule has 0 radical (unpaired) electrons. The maximum atomic E-state index is 3.84. The van der Waals surface area contributed by atoms with Gasteiger partial charge in [-0.3, -0.25) is 0 Å². The lowest BCUT2D eigenvalue weighted by Gasteiger charge is -1.98. The molecule has 0 fully saturated rings. The fourth-order valence-corrected chi connectivity index (χ4v) is 1.90. The first kappa shape index (κ1) is 12.3. The minimum Gasteiger partial charge on any atom is -0.344 e. The maximum absolute atomic E-state index is 3.84. The van der Waals surface area contributed by atoms with Gasteiger partial charge < -0.3 is 4.57 Å². The SMILES string of the molecule is C=Cc1c(C=C)n(C)c2ccccc12.CC. The Morgan fingerprint density at radius 2 is 1.69 bits per heavy atom. The van der Waals surface area contributed by atoms with E-state index in [0.29, 0.717) is 0 Å². The molecule has 0 atom stereocenters. The van der Waals surface area contributed by atoms with Crippen LogP contribution in [0.3, 0.4) is 0 Å². The molecule has 0 aliphatic heterocycles. The van der Waals surface area contributed by atoms with Crippen molar-refractivity contribution in [2.45, 2.75) is 13.8 Å². The van der Waals surface area contributed by atoms with Crippen LogP contribution in [-0.4, -0.2) is 4.57 Å². The highest BCUT2D eigenvalue weighted by molar-refractivity contribution is 5.93. The zero-order chi connectivity index (χ0) is 12.1. The minimum absolute atomic E-state index is 1.13. The number of aryl methyl sites for hydroxylation is 1. The lowest BCUT2D eigenvalue weighted by molar-refractivity contribution is 0.953. The lowest BCUT2D eigenvalue weighted by atomic mass is 10.1.